The molecule has 0 aliphatic carbocycles. The number of carbonyl (C=O) groups excluding carboxylic acids is 3. The van der Waals surface area contributed by atoms with Gasteiger partial charge in [-0.05, 0) is 58.6 Å². The van der Waals surface area contributed by atoms with Crippen LogP contribution in [0.15, 0.2) is 18.2 Å². The van der Waals surface area contributed by atoms with Crippen LogP contribution < -0.4 is 15.1 Å². The van der Waals surface area contributed by atoms with Crippen LogP contribution in [-0.2, 0) is 20.7 Å². The first-order valence-corrected chi connectivity index (χ1v) is 11.6. The van der Waals surface area contributed by atoms with Crippen molar-refractivity contribution in [2.45, 2.75) is 70.6 Å². The summed E-state index contributed by atoms with van der Waals surface area (Å²) in [5, 5.41) is 2.48. The number of nitrogens with zero attached hydrogens (tertiary/aromatic N) is 3. The summed E-state index contributed by atoms with van der Waals surface area (Å²) in [7, 11) is 1.83. The first-order valence-electron chi connectivity index (χ1n) is 11.6. The number of amides is 3. The SMILES string of the molecule is CN(C(=O)OC(C)(C)C)C1CCN(c2cccc3c2CCN3C2CCC(=O)NC2=O)CC1. The number of rotatable bonds is 3. The Balaban J connectivity index is 1.42. The van der Waals surface area contributed by atoms with E-state index in [0.717, 1.165) is 44.6 Å². The van der Waals surface area contributed by atoms with Crippen molar-refractivity contribution in [1.29, 1.82) is 0 Å². The molecule has 3 aliphatic heterocycles. The normalized spacial score (nSPS) is 21.9. The molecule has 32 heavy (non-hydrogen) atoms. The Kier molecular flexibility index (Phi) is 6.05. The topological polar surface area (TPSA) is 82.2 Å². The molecule has 0 aromatic heterocycles. The first-order chi connectivity index (χ1) is 15.1. The molecule has 3 amide bonds. The molecule has 174 valence electrons. The molecule has 0 spiro atoms. The van der Waals surface area contributed by atoms with Crippen LogP contribution in [0.1, 0.15) is 52.0 Å². The number of benzene rings is 1. The smallest absolute Gasteiger partial charge is 0.410 e. The molecule has 2 fully saturated rings. The number of hydrogen-bond donors (Lipinski definition) is 1. The Morgan fingerprint density at radius 3 is 2.41 bits per heavy atom. The molecule has 0 radical (unpaired) electrons. The van der Waals surface area contributed by atoms with Gasteiger partial charge in [-0.2, -0.15) is 0 Å². The summed E-state index contributed by atoms with van der Waals surface area (Å²) in [6.45, 7) is 8.18. The molecular formula is C24H34N4O4. The van der Waals surface area contributed by atoms with Gasteiger partial charge in [-0.15, -0.1) is 0 Å². The van der Waals surface area contributed by atoms with Crippen LogP contribution in [0, 0.1) is 0 Å². The minimum Gasteiger partial charge on any atom is -0.444 e. The van der Waals surface area contributed by atoms with Crippen molar-refractivity contribution in [1.82, 2.24) is 10.2 Å². The molecule has 2 saturated heterocycles. The number of anilines is 2. The highest BCUT2D eigenvalue weighted by atomic mass is 16.6. The zero-order chi connectivity index (χ0) is 23.0. The third kappa shape index (κ3) is 4.54. The quantitative estimate of drug-likeness (QED) is 0.725. The molecule has 1 unspecified atom stereocenters. The van der Waals surface area contributed by atoms with E-state index in [1.807, 2.05) is 27.8 Å². The standard InChI is InChI=1S/C24H34N4O4/c1-24(2,3)32-23(31)26(4)16-10-13-27(14-11-16)18-6-5-7-19-17(18)12-15-28(19)20-8-9-21(29)25-22(20)30/h5-7,16,20H,8-15H2,1-4H3,(H,25,29,30). The van der Waals surface area contributed by atoms with Gasteiger partial charge in [0.15, 0.2) is 0 Å². The molecular weight excluding hydrogens is 408 g/mol. The second kappa shape index (κ2) is 8.64. The third-order valence-electron chi connectivity index (χ3n) is 6.66. The monoisotopic (exact) mass is 442 g/mol. The molecule has 1 aromatic carbocycles. The van der Waals surface area contributed by atoms with Crippen molar-refractivity contribution in [3.63, 3.8) is 0 Å². The number of piperidine rings is 2. The number of ether oxygens (including phenoxy) is 1. The van der Waals surface area contributed by atoms with Gasteiger partial charge in [0.2, 0.25) is 11.8 Å². The average Bonchev–Trinajstić information content (AvgIpc) is 3.16. The van der Waals surface area contributed by atoms with E-state index in [4.69, 9.17) is 4.74 Å². The van der Waals surface area contributed by atoms with Gasteiger partial charge in [0, 0.05) is 56.1 Å². The van der Waals surface area contributed by atoms with Crippen molar-refractivity contribution in [2.75, 3.05) is 36.5 Å². The lowest BCUT2D eigenvalue weighted by Gasteiger charge is -2.39. The molecule has 4 rings (SSSR count). The predicted octanol–water partition coefficient (Wildman–Crippen LogP) is 2.69. The molecule has 1 aromatic rings. The Hall–Kier alpha value is -2.77. The van der Waals surface area contributed by atoms with Crippen LogP contribution in [0.5, 0.6) is 0 Å². The van der Waals surface area contributed by atoms with Gasteiger partial charge in [0.05, 0.1) is 0 Å². The van der Waals surface area contributed by atoms with Gasteiger partial charge in [0.1, 0.15) is 11.6 Å². The van der Waals surface area contributed by atoms with Crippen molar-refractivity contribution in [3.8, 4) is 0 Å². The van der Waals surface area contributed by atoms with E-state index in [2.05, 4.69) is 33.3 Å². The maximum atomic E-state index is 12.4. The van der Waals surface area contributed by atoms with Crippen molar-refractivity contribution in [3.05, 3.63) is 23.8 Å². The van der Waals surface area contributed by atoms with E-state index >= 15 is 0 Å². The summed E-state index contributed by atoms with van der Waals surface area (Å²) in [5.41, 5.74) is 3.10. The van der Waals surface area contributed by atoms with Crippen LogP contribution >= 0.6 is 0 Å². The predicted molar refractivity (Wildman–Crippen MR) is 123 cm³/mol. The van der Waals surface area contributed by atoms with Gasteiger partial charge < -0.3 is 19.4 Å². The van der Waals surface area contributed by atoms with E-state index in [9.17, 15) is 14.4 Å². The van der Waals surface area contributed by atoms with Gasteiger partial charge in [0.25, 0.3) is 0 Å². The number of nitrogens with one attached hydrogen (secondary N) is 1. The van der Waals surface area contributed by atoms with Gasteiger partial charge in [-0.1, -0.05) is 6.07 Å². The van der Waals surface area contributed by atoms with E-state index < -0.39 is 5.60 Å². The molecule has 0 bridgehead atoms. The van der Waals surface area contributed by atoms with Gasteiger partial charge >= 0.3 is 6.09 Å². The molecule has 8 nitrogen and oxygen atoms in total. The van der Waals surface area contributed by atoms with E-state index in [-0.39, 0.29) is 30.0 Å². The van der Waals surface area contributed by atoms with Crippen LogP contribution in [0.25, 0.3) is 0 Å². The number of imide groups is 1. The highest BCUT2D eigenvalue weighted by Crippen LogP contribution is 2.38. The summed E-state index contributed by atoms with van der Waals surface area (Å²) in [6, 6.07) is 6.18. The minimum atomic E-state index is -0.495. The van der Waals surface area contributed by atoms with Crippen LogP contribution in [-0.4, -0.2) is 67.2 Å². The van der Waals surface area contributed by atoms with Gasteiger partial charge in [-0.25, -0.2) is 4.79 Å². The summed E-state index contributed by atoms with van der Waals surface area (Å²) < 4.78 is 5.52. The summed E-state index contributed by atoms with van der Waals surface area (Å²) in [6.07, 6.45) is 3.35. The minimum absolute atomic E-state index is 0.165. The highest BCUT2D eigenvalue weighted by Gasteiger charge is 2.36. The largest absolute Gasteiger partial charge is 0.444 e. The summed E-state index contributed by atoms with van der Waals surface area (Å²) in [4.78, 5) is 42.7. The molecule has 8 heteroatoms. The first kappa shape index (κ1) is 22.4. The third-order valence-corrected chi connectivity index (χ3v) is 6.66. The summed E-state index contributed by atoms with van der Waals surface area (Å²) >= 11 is 0. The van der Waals surface area contributed by atoms with Crippen molar-refractivity contribution < 1.29 is 19.1 Å². The fourth-order valence-corrected chi connectivity index (χ4v) is 5.02. The second-order valence-electron chi connectivity index (χ2n) is 9.99. The Morgan fingerprint density at radius 1 is 1.06 bits per heavy atom. The zero-order valence-corrected chi connectivity index (χ0v) is 19.5. The van der Waals surface area contributed by atoms with Crippen molar-refractivity contribution >= 4 is 29.3 Å². The molecule has 0 saturated carbocycles. The zero-order valence-electron chi connectivity index (χ0n) is 19.5. The maximum absolute atomic E-state index is 12.4. The Labute approximate surface area is 189 Å². The van der Waals surface area contributed by atoms with E-state index in [0.29, 0.717) is 12.8 Å². The van der Waals surface area contributed by atoms with Crippen LogP contribution in [0.2, 0.25) is 0 Å². The number of carbonyl (C=O) groups is 3. The lowest BCUT2D eigenvalue weighted by molar-refractivity contribution is -0.134. The summed E-state index contributed by atoms with van der Waals surface area (Å²) in [5.74, 6) is -0.371. The average molecular weight is 443 g/mol. The van der Waals surface area contributed by atoms with Crippen LogP contribution in [0.3, 0.4) is 0 Å². The highest BCUT2D eigenvalue weighted by molar-refractivity contribution is 6.02. The molecule has 1 N–H and O–H groups in total. The van der Waals surface area contributed by atoms with E-state index in [1.165, 1.54) is 11.3 Å². The van der Waals surface area contributed by atoms with Crippen molar-refractivity contribution in [2.24, 2.45) is 0 Å². The fraction of sp³-hybridized carbons (Fsp3) is 0.625. The lowest BCUT2D eigenvalue weighted by atomic mass is 10.0. The van der Waals surface area contributed by atoms with Gasteiger partial charge in [-0.3, -0.25) is 14.9 Å². The number of hydrogen-bond acceptors (Lipinski definition) is 6. The Bertz CT molecular complexity index is 902. The maximum Gasteiger partial charge on any atom is 0.410 e. The second-order valence-corrected chi connectivity index (χ2v) is 9.99. The number of fused-ring (bicyclic) bond motifs is 1. The lowest BCUT2D eigenvalue weighted by Crippen LogP contribution is -2.52. The molecule has 3 aliphatic rings. The Morgan fingerprint density at radius 2 is 1.75 bits per heavy atom. The fourth-order valence-electron chi connectivity index (χ4n) is 5.02. The molecule has 1 atom stereocenters. The van der Waals surface area contributed by atoms with E-state index in [1.54, 1.807) is 4.90 Å². The molecule has 3 heterocycles. The van der Waals surface area contributed by atoms with Crippen LogP contribution in [0.4, 0.5) is 16.2 Å².